The molecular weight excluding hydrogens is 292 g/mol. The van der Waals surface area contributed by atoms with E-state index in [1.165, 1.54) is 16.4 Å². The maximum atomic E-state index is 12.6. The zero-order valence-electron chi connectivity index (χ0n) is 11.4. The molecule has 2 rings (SSSR count). The summed E-state index contributed by atoms with van der Waals surface area (Å²) in [6, 6.07) is 7.68. The van der Waals surface area contributed by atoms with E-state index in [1.807, 2.05) is 6.07 Å². The van der Waals surface area contributed by atoms with Gasteiger partial charge in [0.2, 0.25) is 10.0 Å². The van der Waals surface area contributed by atoms with E-state index in [1.54, 1.807) is 12.1 Å². The van der Waals surface area contributed by atoms with Crippen LogP contribution in [0.15, 0.2) is 29.2 Å². The molecule has 6 nitrogen and oxygen atoms in total. The molecule has 1 N–H and O–H groups in total. The Balaban J connectivity index is 2.24. The SMILES string of the molecule is N#CCc1ccc(S(=O)(=O)N2CCCC2CC(=O)O)cc1. The Kier molecular flexibility index (Phi) is 4.60. The van der Waals surface area contributed by atoms with E-state index in [4.69, 9.17) is 10.4 Å². The normalized spacial score (nSPS) is 19.3. The second-order valence-corrected chi connectivity index (χ2v) is 6.88. The molecule has 0 bridgehead atoms. The van der Waals surface area contributed by atoms with Crippen LogP contribution in [0.5, 0.6) is 0 Å². The molecule has 1 aliphatic heterocycles. The molecule has 1 saturated heterocycles. The van der Waals surface area contributed by atoms with E-state index in [0.29, 0.717) is 19.4 Å². The summed E-state index contributed by atoms with van der Waals surface area (Å²) < 4.78 is 26.4. The average Bonchev–Trinajstić information content (AvgIpc) is 2.88. The first-order valence-corrected chi connectivity index (χ1v) is 8.08. The molecule has 1 atom stereocenters. The van der Waals surface area contributed by atoms with Gasteiger partial charge in [0.15, 0.2) is 0 Å². The maximum Gasteiger partial charge on any atom is 0.304 e. The molecule has 21 heavy (non-hydrogen) atoms. The number of nitrogens with zero attached hydrogens (tertiary/aromatic N) is 2. The fraction of sp³-hybridized carbons (Fsp3) is 0.429. The quantitative estimate of drug-likeness (QED) is 0.886. The first kappa shape index (κ1) is 15.5. The van der Waals surface area contributed by atoms with E-state index in [2.05, 4.69) is 0 Å². The smallest absolute Gasteiger partial charge is 0.304 e. The van der Waals surface area contributed by atoms with Gasteiger partial charge in [-0.2, -0.15) is 9.57 Å². The number of benzene rings is 1. The molecule has 0 spiro atoms. The van der Waals surface area contributed by atoms with Gasteiger partial charge in [0.1, 0.15) is 0 Å². The molecule has 112 valence electrons. The highest BCUT2D eigenvalue weighted by Gasteiger charge is 2.36. The van der Waals surface area contributed by atoms with Crippen LogP contribution in [0, 0.1) is 11.3 Å². The van der Waals surface area contributed by atoms with Crippen LogP contribution in [0.25, 0.3) is 0 Å². The Hall–Kier alpha value is -1.91. The zero-order valence-corrected chi connectivity index (χ0v) is 12.2. The first-order valence-electron chi connectivity index (χ1n) is 6.64. The highest BCUT2D eigenvalue weighted by atomic mass is 32.2. The van der Waals surface area contributed by atoms with E-state index >= 15 is 0 Å². The lowest BCUT2D eigenvalue weighted by atomic mass is 10.2. The van der Waals surface area contributed by atoms with Gasteiger partial charge in [-0.05, 0) is 30.5 Å². The molecule has 1 heterocycles. The number of sulfonamides is 1. The third-order valence-electron chi connectivity index (χ3n) is 3.55. The van der Waals surface area contributed by atoms with Crippen molar-refractivity contribution in [3.8, 4) is 6.07 Å². The Labute approximate surface area is 123 Å². The molecule has 1 unspecified atom stereocenters. The zero-order chi connectivity index (χ0) is 15.5. The van der Waals surface area contributed by atoms with Gasteiger partial charge < -0.3 is 5.11 Å². The molecule has 1 aliphatic rings. The van der Waals surface area contributed by atoms with Gasteiger partial charge in [-0.15, -0.1) is 0 Å². The van der Waals surface area contributed by atoms with Crippen LogP contribution in [-0.4, -0.2) is 36.4 Å². The van der Waals surface area contributed by atoms with Gasteiger partial charge in [0.05, 0.1) is 23.8 Å². The fourth-order valence-electron chi connectivity index (χ4n) is 2.54. The summed E-state index contributed by atoms with van der Waals surface area (Å²) in [6.07, 6.45) is 1.29. The van der Waals surface area contributed by atoms with Gasteiger partial charge in [-0.1, -0.05) is 12.1 Å². The number of nitriles is 1. The summed E-state index contributed by atoms with van der Waals surface area (Å²) in [4.78, 5) is 11.0. The van der Waals surface area contributed by atoms with Crippen molar-refractivity contribution in [2.75, 3.05) is 6.54 Å². The molecule has 0 aliphatic carbocycles. The van der Waals surface area contributed by atoms with Crippen molar-refractivity contribution in [1.29, 1.82) is 5.26 Å². The number of rotatable bonds is 5. The lowest BCUT2D eigenvalue weighted by molar-refractivity contribution is -0.137. The molecule has 7 heteroatoms. The Bertz CT molecular complexity index is 661. The van der Waals surface area contributed by atoms with Crippen molar-refractivity contribution in [1.82, 2.24) is 4.31 Å². The fourth-order valence-corrected chi connectivity index (χ4v) is 4.23. The third kappa shape index (κ3) is 3.40. The van der Waals surface area contributed by atoms with Gasteiger partial charge in [-0.25, -0.2) is 8.42 Å². The van der Waals surface area contributed by atoms with Crippen LogP contribution < -0.4 is 0 Å². The average molecular weight is 308 g/mol. The maximum absolute atomic E-state index is 12.6. The Morgan fingerprint density at radius 2 is 2.05 bits per heavy atom. The second kappa shape index (κ2) is 6.24. The van der Waals surface area contributed by atoms with Gasteiger partial charge in [-0.3, -0.25) is 4.79 Å². The molecule has 0 saturated carbocycles. The van der Waals surface area contributed by atoms with Gasteiger partial charge >= 0.3 is 5.97 Å². The summed E-state index contributed by atoms with van der Waals surface area (Å²) in [5.74, 6) is -0.994. The molecule has 0 aromatic heterocycles. The van der Waals surface area contributed by atoms with Crippen LogP contribution in [0.3, 0.4) is 0 Å². The number of aliphatic carboxylic acids is 1. The third-order valence-corrected chi connectivity index (χ3v) is 5.51. The summed E-state index contributed by atoms with van der Waals surface area (Å²) in [6.45, 7) is 0.347. The highest BCUT2D eigenvalue weighted by Crippen LogP contribution is 2.28. The lowest BCUT2D eigenvalue weighted by Crippen LogP contribution is -2.36. The summed E-state index contributed by atoms with van der Waals surface area (Å²) in [7, 11) is -3.68. The number of carboxylic acids is 1. The molecule has 0 amide bonds. The predicted molar refractivity (Wildman–Crippen MR) is 74.9 cm³/mol. The number of carboxylic acid groups (broad SMARTS) is 1. The number of hydrogen-bond donors (Lipinski definition) is 1. The van der Waals surface area contributed by atoms with Crippen LogP contribution in [0.1, 0.15) is 24.8 Å². The number of carbonyl (C=O) groups is 1. The summed E-state index contributed by atoms with van der Waals surface area (Å²) in [5, 5.41) is 17.5. The highest BCUT2D eigenvalue weighted by molar-refractivity contribution is 7.89. The van der Waals surface area contributed by atoms with Crippen molar-refractivity contribution in [2.45, 2.75) is 36.6 Å². The molecule has 1 aromatic carbocycles. The van der Waals surface area contributed by atoms with Crippen LogP contribution in [0.4, 0.5) is 0 Å². The Morgan fingerprint density at radius 1 is 1.38 bits per heavy atom. The summed E-state index contributed by atoms with van der Waals surface area (Å²) in [5.41, 5.74) is 0.750. The minimum Gasteiger partial charge on any atom is -0.481 e. The molecule has 0 radical (unpaired) electrons. The monoisotopic (exact) mass is 308 g/mol. The molecular formula is C14H16N2O4S. The first-order chi connectivity index (χ1) is 9.95. The van der Waals surface area contributed by atoms with Crippen molar-refractivity contribution in [3.63, 3.8) is 0 Å². The lowest BCUT2D eigenvalue weighted by Gasteiger charge is -2.22. The topological polar surface area (TPSA) is 98.5 Å². The van der Waals surface area contributed by atoms with Crippen LogP contribution in [0.2, 0.25) is 0 Å². The van der Waals surface area contributed by atoms with E-state index in [0.717, 1.165) is 5.56 Å². The van der Waals surface area contributed by atoms with Crippen LogP contribution >= 0.6 is 0 Å². The van der Waals surface area contributed by atoms with Crippen molar-refractivity contribution >= 4 is 16.0 Å². The van der Waals surface area contributed by atoms with E-state index < -0.39 is 22.0 Å². The minimum atomic E-state index is -3.68. The van der Waals surface area contributed by atoms with Crippen molar-refractivity contribution < 1.29 is 18.3 Å². The van der Waals surface area contributed by atoms with Gasteiger partial charge in [0.25, 0.3) is 0 Å². The predicted octanol–water partition coefficient (Wildman–Crippen LogP) is 1.38. The number of hydrogen-bond acceptors (Lipinski definition) is 4. The standard InChI is InChI=1S/C14H16N2O4S/c15-8-7-11-3-5-13(6-4-11)21(19,20)16-9-1-2-12(16)10-14(17)18/h3-6,12H,1-2,7,9-10H2,(H,17,18). The molecule has 1 aromatic rings. The van der Waals surface area contributed by atoms with Crippen molar-refractivity contribution in [2.24, 2.45) is 0 Å². The van der Waals surface area contributed by atoms with Crippen molar-refractivity contribution in [3.05, 3.63) is 29.8 Å². The van der Waals surface area contributed by atoms with Gasteiger partial charge in [0, 0.05) is 12.6 Å². The molecule has 1 fully saturated rings. The summed E-state index contributed by atoms with van der Waals surface area (Å²) >= 11 is 0. The second-order valence-electron chi connectivity index (χ2n) is 4.99. The minimum absolute atomic E-state index is 0.140. The van der Waals surface area contributed by atoms with Crippen LogP contribution in [-0.2, 0) is 21.2 Å². The Morgan fingerprint density at radius 3 is 2.62 bits per heavy atom. The van der Waals surface area contributed by atoms with E-state index in [9.17, 15) is 13.2 Å². The van der Waals surface area contributed by atoms with E-state index in [-0.39, 0.29) is 17.7 Å². The largest absolute Gasteiger partial charge is 0.481 e.